The van der Waals surface area contributed by atoms with Crippen molar-refractivity contribution in [2.45, 2.75) is 24.3 Å². The van der Waals surface area contributed by atoms with Crippen molar-refractivity contribution in [3.05, 3.63) is 77.6 Å². The summed E-state index contributed by atoms with van der Waals surface area (Å²) in [5.74, 6) is 0.650. The zero-order chi connectivity index (χ0) is 20.4. The number of hydrogen-bond acceptors (Lipinski definition) is 4. The molecule has 0 aliphatic heterocycles. The zero-order valence-electron chi connectivity index (χ0n) is 15.8. The zero-order valence-corrected chi connectivity index (χ0v) is 17.4. The van der Waals surface area contributed by atoms with Crippen LogP contribution >= 0.6 is 11.6 Å². The van der Waals surface area contributed by atoms with E-state index in [-0.39, 0.29) is 4.90 Å². The summed E-state index contributed by atoms with van der Waals surface area (Å²) in [4.78, 5) is 4.20. The number of hydrogen-bond donors (Lipinski definition) is 1. The van der Waals surface area contributed by atoms with Crippen LogP contribution in [0.2, 0.25) is 5.02 Å². The summed E-state index contributed by atoms with van der Waals surface area (Å²) in [5.41, 5.74) is 1.76. The summed E-state index contributed by atoms with van der Waals surface area (Å²) in [6.07, 6.45) is 3.34. The summed E-state index contributed by atoms with van der Waals surface area (Å²) in [6.45, 7) is 3.63. The first-order chi connectivity index (χ1) is 13.2. The number of methoxy groups -OCH3 is 1. The van der Waals surface area contributed by atoms with Gasteiger partial charge in [-0.3, -0.25) is 4.98 Å². The van der Waals surface area contributed by atoms with Gasteiger partial charge in [0.15, 0.2) is 0 Å². The molecule has 0 saturated heterocycles. The van der Waals surface area contributed by atoms with Gasteiger partial charge in [-0.05, 0) is 55.3 Å². The standard InChI is InChI=1S/C21H21ClN2O3S/c1-21(2,24-28(25,26)18-9-5-8-17(22)13-18)16-7-4-6-15(12-16)19-10-11-23-14-20(19)27-3/h4-14,24H,1-3H3. The highest BCUT2D eigenvalue weighted by Gasteiger charge is 2.28. The molecule has 3 aromatic rings. The molecule has 0 aliphatic rings. The molecule has 5 nitrogen and oxygen atoms in total. The summed E-state index contributed by atoms with van der Waals surface area (Å²) < 4.78 is 33.8. The number of nitrogens with one attached hydrogen (secondary N) is 1. The normalized spacial score (nSPS) is 12.0. The lowest BCUT2D eigenvalue weighted by atomic mass is 9.92. The predicted octanol–water partition coefficient (Wildman–Crippen LogP) is 4.62. The third-order valence-corrected chi connectivity index (χ3v) is 6.28. The Morgan fingerprint density at radius 3 is 2.54 bits per heavy atom. The fourth-order valence-corrected chi connectivity index (χ4v) is 4.65. The molecule has 0 radical (unpaired) electrons. The molecule has 0 atom stereocenters. The molecule has 28 heavy (non-hydrogen) atoms. The van der Waals surface area contributed by atoms with Crippen molar-refractivity contribution in [1.29, 1.82) is 0 Å². The van der Waals surface area contributed by atoms with E-state index >= 15 is 0 Å². The van der Waals surface area contributed by atoms with E-state index in [1.807, 2.05) is 44.2 Å². The highest BCUT2D eigenvalue weighted by Crippen LogP contribution is 2.32. The second-order valence-electron chi connectivity index (χ2n) is 6.84. The molecule has 1 heterocycles. The molecule has 0 fully saturated rings. The lowest BCUT2D eigenvalue weighted by molar-refractivity contribution is 0.414. The van der Waals surface area contributed by atoms with Gasteiger partial charge < -0.3 is 4.74 Å². The van der Waals surface area contributed by atoms with Gasteiger partial charge in [0, 0.05) is 16.8 Å². The van der Waals surface area contributed by atoms with Crippen molar-refractivity contribution < 1.29 is 13.2 Å². The van der Waals surface area contributed by atoms with Gasteiger partial charge in [0.25, 0.3) is 0 Å². The Morgan fingerprint density at radius 1 is 1.07 bits per heavy atom. The lowest BCUT2D eigenvalue weighted by Crippen LogP contribution is -2.40. The smallest absolute Gasteiger partial charge is 0.241 e. The van der Waals surface area contributed by atoms with Gasteiger partial charge in [0.1, 0.15) is 5.75 Å². The molecular weight excluding hydrogens is 396 g/mol. The van der Waals surface area contributed by atoms with E-state index < -0.39 is 15.6 Å². The molecule has 7 heteroatoms. The van der Waals surface area contributed by atoms with Gasteiger partial charge in [-0.2, -0.15) is 0 Å². The maximum atomic E-state index is 12.8. The molecule has 2 aromatic carbocycles. The van der Waals surface area contributed by atoms with Gasteiger partial charge >= 0.3 is 0 Å². The van der Waals surface area contributed by atoms with Gasteiger partial charge in [-0.1, -0.05) is 35.9 Å². The Morgan fingerprint density at radius 2 is 1.82 bits per heavy atom. The molecule has 0 spiro atoms. The molecule has 0 amide bonds. The number of nitrogens with zero attached hydrogens (tertiary/aromatic N) is 1. The van der Waals surface area contributed by atoms with Crippen molar-refractivity contribution in [1.82, 2.24) is 9.71 Å². The van der Waals surface area contributed by atoms with E-state index in [4.69, 9.17) is 16.3 Å². The number of aromatic nitrogens is 1. The van der Waals surface area contributed by atoms with Crippen LogP contribution in [0.4, 0.5) is 0 Å². The summed E-state index contributed by atoms with van der Waals surface area (Å²) >= 11 is 5.95. The average molecular weight is 417 g/mol. The fourth-order valence-electron chi connectivity index (χ4n) is 2.94. The maximum Gasteiger partial charge on any atom is 0.241 e. The third-order valence-electron chi connectivity index (χ3n) is 4.40. The van der Waals surface area contributed by atoms with E-state index in [1.165, 1.54) is 12.1 Å². The maximum absolute atomic E-state index is 12.8. The largest absolute Gasteiger partial charge is 0.494 e. The molecule has 1 aromatic heterocycles. The Hall–Kier alpha value is -2.41. The quantitative estimate of drug-likeness (QED) is 0.636. The lowest BCUT2D eigenvalue weighted by Gasteiger charge is -2.27. The van der Waals surface area contributed by atoms with Gasteiger partial charge in [0.05, 0.1) is 23.7 Å². The van der Waals surface area contributed by atoms with Crippen LogP contribution < -0.4 is 9.46 Å². The summed E-state index contributed by atoms with van der Waals surface area (Å²) in [7, 11) is -2.16. The summed E-state index contributed by atoms with van der Waals surface area (Å²) in [5, 5.41) is 0.368. The molecule has 0 unspecified atom stereocenters. The minimum Gasteiger partial charge on any atom is -0.494 e. The number of sulfonamides is 1. The van der Waals surface area contributed by atoms with Crippen LogP contribution in [-0.4, -0.2) is 20.5 Å². The van der Waals surface area contributed by atoms with Gasteiger partial charge in [0.2, 0.25) is 10.0 Å². The monoisotopic (exact) mass is 416 g/mol. The minimum absolute atomic E-state index is 0.125. The molecule has 1 N–H and O–H groups in total. The van der Waals surface area contributed by atoms with Crippen LogP contribution in [0.5, 0.6) is 5.75 Å². The number of halogens is 1. The number of pyridine rings is 1. The van der Waals surface area contributed by atoms with Crippen molar-refractivity contribution in [2.75, 3.05) is 7.11 Å². The van der Waals surface area contributed by atoms with E-state index in [9.17, 15) is 8.42 Å². The van der Waals surface area contributed by atoms with Crippen LogP contribution in [0.25, 0.3) is 11.1 Å². The first-order valence-corrected chi connectivity index (χ1v) is 10.5. The Labute approximate surface area is 170 Å². The second kappa shape index (κ2) is 7.91. The third kappa shape index (κ3) is 4.35. The highest BCUT2D eigenvalue weighted by molar-refractivity contribution is 7.89. The SMILES string of the molecule is COc1cnccc1-c1cccc(C(C)(C)NS(=O)(=O)c2cccc(Cl)c2)c1. The van der Waals surface area contributed by atoms with Crippen LogP contribution in [0.1, 0.15) is 19.4 Å². The average Bonchev–Trinajstić information content (AvgIpc) is 2.67. The molecule has 146 valence electrons. The van der Waals surface area contributed by atoms with Crippen LogP contribution in [0.3, 0.4) is 0 Å². The number of benzene rings is 2. The van der Waals surface area contributed by atoms with Crippen molar-refractivity contribution in [2.24, 2.45) is 0 Å². The molecular formula is C21H21ClN2O3S. The Bertz CT molecular complexity index is 1100. The topological polar surface area (TPSA) is 68.3 Å². The van der Waals surface area contributed by atoms with Crippen molar-refractivity contribution in [3.63, 3.8) is 0 Å². The summed E-state index contributed by atoms with van der Waals surface area (Å²) in [6, 6.07) is 15.7. The fraction of sp³-hybridized carbons (Fsp3) is 0.190. The predicted molar refractivity (Wildman–Crippen MR) is 111 cm³/mol. The number of rotatable bonds is 6. The molecule has 0 saturated carbocycles. The van der Waals surface area contributed by atoms with Crippen LogP contribution in [0.15, 0.2) is 71.9 Å². The minimum atomic E-state index is -3.75. The van der Waals surface area contributed by atoms with E-state index in [0.29, 0.717) is 10.8 Å². The number of ether oxygens (including phenoxy) is 1. The molecule has 3 rings (SSSR count). The first-order valence-electron chi connectivity index (χ1n) is 8.61. The Balaban J connectivity index is 1.96. The van der Waals surface area contributed by atoms with Crippen molar-refractivity contribution >= 4 is 21.6 Å². The Kier molecular flexibility index (Phi) is 5.74. The van der Waals surface area contributed by atoms with Crippen LogP contribution in [-0.2, 0) is 15.6 Å². The highest BCUT2D eigenvalue weighted by atomic mass is 35.5. The molecule has 0 bridgehead atoms. The van der Waals surface area contributed by atoms with E-state index in [0.717, 1.165) is 16.7 Å². The van der Waals surface area contributed by atoms with E-state index in [1.54, 1.807) is 31.6 Å². The van der Waals surface area contributed by atoms with Crippen molar-refractivity contribution in [3.8, 4) is 16.9 Å². The second-order valence-corrected chi connectivity index (χ2v) is 8.96. The molecule has 0 aliphatic carbocycles. The van der Waals surface area contributed by atoms with Gasteiger partial charge in [-0.15, -0.1) is 0 Å². The van der Waals surface area contributed by atoms with Crippen LogP contribution in [0, 0.1) is 0 Å². The van der Waals surface area contributed by atoms with E-state index in [2.05, 4.69) is 9.71 Å². The van der Waals surface area contributed by atoms with Gasteiger partial charge in [-0.25, -0.2) is 13.1 Å². The first kappa shape index (κ1) is 20.3.